The number of aliphatic hydroxyl groups is 1. The third-order valence-corrected chi connectivity index (χ3v) is 5.92. The highest BCUT2D eigenvalue weighted by atomic mass is 16.5. The van der Waals surface area contributed by atoms with Crippen molar-refractivity contribution in [2.24, 2.45) is 0 Å². The van der Waals surface area contributed by atoms with E-state index >= 15 is 0 Å². The van der Waals surface area contributed by atoms with E-state index in [-0.39, 0.29) is 11.7 Å². The number of aliphatic hydroxyl groups excluding tert-OH is 1. The van der Waals surface area contributed by atoms with Crippen LogP contribution in [0.1, 0.15) is 35.2 Å². The van der Waals surface area contributed by atoms with E-state index in [1.807, 2.05) is 60.7 Å². The van der Waals surface area contributed by atoms with Gasteiger partial charge in [-0.2, -0.15) is 0 Å². The molecule has 0 aliphatic carbocycles. The fourth-order valence-corrected chi connectivity index (χ4v) is 4.09. The maximum atomic E-state index is 13.2. The Morgan fingerprint density at radius 3 is 1.88 bits per heavy atom. The van der Waals surface area contributed by atoms with Gasteiger partial charge in [0, 0.05) is 12.1 Å². The topological polar surface area (TPSA) is 59.0 Å². The van der Waals surface area contributed by atoms with Gasteiger partial charge in [-0.25, -0.2) is 0 Å². The van der Waals surface area contributed by atoms with E-state index in [2.05, 4.69) is 19.1 Å². The fraction of sp³-hybridized carbons (Fsp3) is 0.222. The average Bonchev–Trinajstić information content (AvgIpc) is 3.09. The second-order valence-corrected chi connectivity index (χ2v) is 7.77. The first-order valence-electron chi connectivity index (χ1n) is 10.7. The fourth-order valence-electron chi connectivity index (χ4n) is 4.09. The lowest BCUT2D eigenvalue weighted by atomic mass is 9.92. The highest BCUT2D eigenvalue weighted by Gasteiger charge is 2.41. The van der Waals surface area contributed by atoms with Gasteiger partial charge < -0.3 is 19.5 Å². The van der Waals surface area contributed by atoms with Crippen LogP contribution in [0, 0.1) is 0 Å². The number of rotatable bonds is 7. The van der Waals surface area contributed by atoms with Gasteiger partial charge in [-0.05, 0) is 52.9 Å². The molecule has 3 aromatic rings. The predicted octanol–water partition coefficient (Wildman–Crippen LogP) is 5.32. The number of hydrogen-bond acceptors (Lipinski definition) is 4. The number of benzene rings is 3. The molecule has 0 fully saturated rings. The molecule has 0 aromatic heterocycles. The van der Waals surface area contributed by atoms with Crippen LogP contribution in [-0.4, -0.2) is 30.1 Å². The number of ether oxygens (including phenoxy) is 2. The predicted molar refractivity (Wildman–Crippen MR) is 125 cm³/mol. The number of aryl methyl sites for hydroxylation is 1. The molecule has 164 valence electrons. The Morgan fingerprint density at radius 2 is 1.34 bits per heavy atom. The first-order valence-corrected chi connectivity index (χ1v) is 10.7. The van der Waals surface area contributed by atoms with Crippen molar-refractivity contribution in [3.63, 3.8) is 0 Å². The van der Waals surface area contributed by atoms with Crippen LogP contribution >= 0.6 is 0 Å². The van der Waals surface area contributed by atoms with Crippen molar-refractivity contribution < 1.29 is 19.4 Å². The molecule has 1 aliphatic rings. The molecular weight excluding hydrogens is 402 g/mol. The molecule has 1 amide bonds. The van der Waals surface area contributed by atoms with Crippen LogP contribution < -0.4 is 9.47 Å². The van der Waals surface area contributed by atoms with Crippen molar-refractivity contribution in [3.05, 3.63) is 101 Å². The van der Waals surface area contributed by atoms with E-state index in [1.165, 1.54) is 5.56 Å². The smallest absolute Gasteiger partial charge is 0.290 e. The maximum absolute atomic E-state index is 13.2. The molecule has 5 nitrogen and oxygen atoms in total. The molecule has 1 N–H and O–H groups in total. The lowest BCUT2D eigenvalue weighted by Crippen LogP contribution is -2.29. The van der Waals surface area contributed by atoms with Crippen molar-refractivity contribution in [2.75, 3.05) is 14.2 Å². The molecule has 3 aromatic carbocycles. The Bertz CT molecular complexity index is 1120. The lowest BCUT2D eigenvalue weighted by molar-refractivity contribution is -0.130. The van der Waals surface area contributed by atoms with Gasteiger partial charge in [0.1, 0.15) is 11.5 Å². The Hall–Kier alpha value is -3.73. The molecule has 1 atom stereocenters. The summed E-state index contributed by atoms with van der Waals surface area (Å²) in [5.74, 6) is 0.884. The summed E-state index contributed by atoms with van der Waals surface area (Å²) in [5.41, 5.74) is 4.53. The molecule has 4 rings (SSSR count). The van der Waals surface area contributed by atoms with E-state index in [0.717, 1.165) is 34.6 Å². The second kappa shape index (κ2) is 9.18. The lowest BCUT2D eigenvalue weighted by Gasteiger charge is -2.28. The van der Waals surface area contributed by atoms with Gasteiger partial charge in [0.05, 0.1) is 20.3 Å². The average molecular weight is 430 g/mol. The maximum Gasteiger partial charge on any atom is 0.290 e. The van der Waals surface area contributed by atoms with Gasteiger partial charge in [-0.3, -0.25) is 4.79 Å². The highest BCUT2D eigenvalue weighted by molar-refractivity contribution is 6.05. The summed E-state index contributed by atoms with van der Waals surface area (Å²) in [7, 11) is 3.23. The van der Waals surface area contributed by atoms with Gasteiger partial charge in [-0.1, -0.05) is 55.5 Å². The van der Waals surface area contributed by atoms with Crippen LogP contribution in [0.25, 0.3) is 5.57 Å². The van der Waals surface area contributed by atoms with E-state index < -0.39 is 6.04 Å². The molecule has 0 spiro atoms. The monoisotopic (exact) mass is 429 g/mol. The van der Waals surface area contributed by atoms with E-state index in [1.54, 1.807) is 19.1 Å². The Kier molecular flexibility index (Phi) is 6.17. The second-order valence-electron chi connectivity index (χ2n) is 7.77. The molecule has 1 heterocycles. The van der Waals surface area contributed by atoms with Crippen molar-refractivity contribution in [1.82, 2.24) is 4.90 Å². The molecule has 0 radical (unpaired) electrons. The number of hydrogen-bond donors (Lipinski definition) is 1. The molecule has 0 saturated carbocycles. The number of amides is 1. The highest BCUT2D eigenvalue weighted by Crippen LogP contribution is 2.44. The van der Waals surface area contributed by atoms with Gasteiger partial charge in [0.15, 0.2) is 5.76 Å². The Labute approximate surface area is 188 Å². The Morgan fingerprint density at radius 1 is 0.812 bits per heavy atom. The summed E-state index contributed by atoms with van der Waals surface area (Å²) < 4.78 is 10.5. The zero-order valence-corrected chi connectivity index (χ0v) is 18.5. The van der Waals surface area contributed by atoms with Crippen LogP contribution in [0.5, 0.6) is 11.5 Å². The van der Waals surface area contributed by atoms with Crippen LogP contribution in [0.15, 0.2) is 78.6 Å². The van der Waals surface area contributed by atoms with Gasteiger partial charge in [0.2, 0.25) is 0 Å². The normalized spacial score (nSPS) is 15.9. The summed E-state index contributed by atoms with van der Waals surface area (Å²) in [6.07, 6.45) is 0.936. The molecule has 1 aliphatic heterocycles. The first kappa shape index (κ1) is 21.5. The molecule has 32 heavy (non-hydrogen) atoms. The minimum Gasteiger partial charge on any atom is -0.503 e. The van der Waals surface area contributed by atoms with Crippen LogP contribution in [0.4, 0.5) is 0 Å². The Balaban J connectivity index is 1.76. The minimum absolute atomic E-state index is 0.215. The minimum atomic E-state index is -0.399. The van der Waals surface area contributed by atoms with E-state index in [9.17, 15) is 9.90 Å². The number of methoxy groups -OCH3 is 2. The zero-order valence-electron chi connectivity index (χ0n) is 18.5. The zero-order chi connectivity index (χ0) is 22.7. The number of carbonyl (C=O) groups excluding carboxylic acids is 1. The summed E-state index contributed by atoms with van der Waals surface area (Å²) in [5, 5.41) is 10.9. The third-order valence-electron chi connectivity index (χ3n) is 5.92. The molecule has 5 heteroatoms. The molecule has 0 saturated heterocycles. The summed E-state index contributed by atoms with van der Waals surface area (Å²) in [4.78, 5) is 14.9. The van der Waals surface area contributed by atoms with Crippen LogP contribution in [0.3, 0.4) is 0 Å². The van der Waals surface area contributed by atoms with Crippen molar-refractivity contribution >= 4 is 11.5 Å². The van der Waals surface area contributed by atoms with Crippen molar-refractivity contribution in [1.29, 1.82) is 0 Å². The summed E-state index contributed by atoms with van der Waals surface area (Å²) >= 11 is 0. The van der Waals surface area contributed by atoms with Gasteiger partial charge >= 0.3 is 0 Å². The molecule has 0 bridgehead atoms. The first-order chi connectivity index (χ1) is 15.5. The molecular formula is C27H27NO4. The van der Waals surface area contributed by atoms with Crippen molar-refractivity contribution in [3.8, 4) is 11.5 Å². The summed E-state index contributed by atoms with van der Waals surface area (Å²) in [6.45, 7) is 2.48. The summed E-state index contributed by atoms with van der Waals surface area (Å²) in [6, 6.07) is 22.9. The van der Waals surface area contributed by atoms with Crippen LogP contribution in [-0.2, 0) is 17.8 Å². The standard InChI is InChI=1S/C27H27NO4/c1-4-18-5-9-21(10-6-18)25-24(20-11-15-23(32-3)16-12-20)26(29)27(30)28(25)17-19-7-13-22(31-2)14-8-19/h5-16,25,29H,4,17H2,1-3H3/t25-/m1/s1. The number of nitrogens with zero attached hydrogens (tertiary/aromatic N) is 1. The van der Waals surface area contributed by atoms with Crippen LogP contribution in [0.2, 0.25) is 0 Å². The molecule has 0 unspecified atom stereocenters. The third kappa shape index (κ3) is 4.06. The van der Waals surface area contributed by atoms with Gasteiger partial charge in [-0.15, -0.1) is 0 Å². The largest absolute Gasteiger partial charge is 0.503 e. The van der Waals surface area contributed by atoms with Gasteiger partial charge in [0.25, 0.3) is 5.91 Å². The van der Waals surface area contributed by atoms with E-state index in [4.69, 9.17) is 9.47 Å². The van der Waals surface area contributed by atoms with Crippen molar-refractivity contribution in [2.45, 2.75) is 25.9 Å². The quantitative estimate of drug-likeness (QED) is 0.552. The SMILES string of the molecule is CCc1ccc([C@@H]2C(c3ccc(OC)cc3)=C(O)C(=O)N2Cc2ccc(OC)cc2)cc1. The van der Waals surface area contributed by atoms with E-state index in [0.29, 0.717) is 12.1 Å². The number of carbonyl (C=O) groups is 1.